The molecule has 1 unspecified atom stereocenters. The third kappa shape index (κ3) is 3.06. The molecular weight excluding hydrogens is 247 g/mol. The molecule has 14 heavy (non-hydrogen) atoms. The van der Waals surface area contributed by atoms with Crippen molar-refractivity contribution in [2.24, 2.45) is 0 Å². The van der Waals surface area contributed by atoms with Gasteiger partial charge >= 0.3 is 0 Å². The van der Waals surface area contributed by atoms with Crippen LogP contribution in [0.1, 0.15) is 15.9 Å². The number of carbonyl (C=O) groups is 1. The summed E-state index contributed by atoms with van der Waals surface area (Å²) in [4.78, 5) is 10.8. The van der Waals surface area contributed by atoms with E-state index in [9.17, 15) is 13.6 Å². The van der Waals surface area contributed by atoms with Crippen LogP contribution in [0.5, 0.6) is 0 Å². The fourth-order valence-electron chi connectivity index (χ4n) is 0.944. The van der Waals surface area contributed by atoms with Gasteiger partial charge < -0.3 is 4.55 Å². The summed E-state index contributed by atoms with van der Waals surface area (Å²) in [6.45, 7) is 0. The summed E-state index contributed by atoms with van der Waals surface area (Å²) in [5, 5.41) is -0.502. The lowest BCUT2D eigenvalue weighted by Gasteiger charge is -2.06. The van der Waals surface area contributed by atoms with E-state index in [4.69, 9.17) is 23.2 Å². The summed E-state index contributed by atoms with van der Waals surface area (Å²) < 4.78 is 20.7. The minimum Gasteiger partial charge on any atom is -0.772 e. The normalized spacial score (nSPS) is 12.5. The molecule has 0 fully saturated rings. The molecule has 0 spiro atoms. The Morgan fingerprint density at radius 2 is 2.14 bits per heavy atom. The number of hydrogen-bond donors (Lipinski definition) is 0. The minimum atomic E-state index is -2.17. The maximum atomic E-state index is 10.8. The van der Waals surface area contributed by atoms with Crippen LogP contribution in [0.3, 0.4) is 0 Å². The van der Waals surface area contributed by atoms with Crippen LogP contribution < -0.4 is 0 Å². The molecule has 76 valence electrons. The van der Waals surface area contributed by atoms with Crippen LogP contribution in [-0.2, 0) is 16.8 Å². The minimum absolute atomic E-state index is 0.128. The molecule has 0 N–H and O–H groups in total. The van der Waals surface area contributed by atoms with Crippen LogP contribution in [0.2, 0.25) is 5.02 Å². The zero-order chi connectivity index (χ0) is 10.7. The molecule has 1 atom stereocenters. The molecule has 0 bridgehead atoms. The summed E-state index contributed by atoms with van der Waals surface area (Å²) in [5.74, 6) is -0.128. The van der Waals surface area contributed by atoms with Crippen molar-refractivity contribution in [3.05, 3.63) is 34.3 Å². The van der Waals surface area contributed by atoms with Crippen molar-refractivity contribution < 1.29 is 13.6 Å². The van der Waals surface area contributed by atoms with Gasteiger partial charge in [-0.15, -0.1) is 0 Å². The van der Waals surface area contributed by atoms with Gasteiger partial charge in [0.2, 0.25) is 0 Å². The Hall–Kier alpha value is -0.420. The van der Waals surface area contributed by atoms with Crippen LogP contribution in [0.4, 0.5) is 0 Å². The van der Waals surface area contributed by atoms with Gasteiger partial charge in [0.1, 0.15) is 0 Å². The SMILES string of the molecule is O=C(Cl)c1ccc(CS(=O)[O-])cc1Cl. The van der Waals surface area contributed by atoms with Gasteiger partial charge in [0, 0.05) is 5.75 Å². The lowest BCUT2D eigenvalue weighted by atomic mass is 10.2. The standard InChI is InChI=1S/C8H6Cl2O3S/c9-7-3-5(4-14(12)13)1-2-6(7)8(10)11/h1-3H,4H2,(H,12,13)/p-1. The van der Waals surface area contributed by atoms with E-state index in [1.807, 2.05) is 0 Å². The first-order valence-electron chi connectivity index (χ1n) is 3.55. The molecule has 6 heteroatoms. The van der Waals surface area contributed by atoms with Gasteiger partial charge in [0.25, 0.3) is 5.24 Å². The Morgan fingerprint density at radius 3 is 2.57 bits per heavy atom. The van der Waals surface area contributed by atoms with Gasteiger partial charge in [-0.1, -0.05) is 28.7 Å². The van der Waals surface area contributed by atoms with Gasteiger partial charge in [-0.3, -0.25) is 9.00 Å². The highest BCUT2D eigenvalue weighted by Gasteiger charge is 2.07. The van der Waals surface area contributed by atoms with Gasteiger partial charge in [0.15, 0.2) is 0 Å². The van der Waals surface area contributed by atoms with E-state index in [1.165, 1.54) is 18.2 Å². The summed E-state index contributed by atoms with van der Waals surface area (Å²) in [6.07, 6.45) is 0. The molecule has 0 radical (unpaired) electrons. The first kappa shape index (κ1) is 11.7. The first-order chi connectivity index (χ1) is 6.50. The Balaban J connectivity index is 3.00. The van der Waals surface area contributed by atoms with Gasteiger partial charge in [-0.2, -0.15) is 0 Å². The highest BCUT2D eigenvalue weighted by molar-refractivity contribution is 7.78. The van der Waals surface area contributed by atoms with E-state index in [0.717, 1.165) is 0 Å². The highest BCUT2D eigenvalue weighted by atomic mass is 35.5. The maximum absolute atomic E-state index is 10.8. The van der Waals surface area contributed by atoms with Crippen molar-refractivity contribution in [1.82, 2.24) is 0 Å². The number of hydrogen-bond acceptors (Lipinski definition) is 3. The lowest BCUT2D eigenvalue weighted by molar-refractivity contribution is 0.108. The van der Waals surface area contributed by atoms with Crippen LogP contribution in [0.25, 0.3) is 0 Å². The molecule has 0 saturated heterocycles. The molecule has 0 aliphatic heterocycles. The maximum Gasteiger partial charge on any atom is 0.253 e. The second-order valence-electron chi connectivity index (χ2n) is 2.54. The number of halogens is 2. The fraction of sp³-hybridized carbons (Fsp3) is 0.125. The Labute approximate surface area is 93.3 Å². The Bertz CT molecular complexity index is 392. The van der Waals surface area contributed by atoms with Gasteiger partial charge in [0.05, 0.1) is 10.6 Å². The Kier molecular flexibility index (Phi) is 4.07. The smallest absolute Gasteiger partial charge is 0.253 e. The average Bonchev–Trinajstić information content (AvgIpc) is 2.01. The number of rotatable bonds is 3. The van der Waals surface area contributed by atoms with Crippen LogP contribution in [0, 0.1) is 0 Å². The van der Waals surface area contributed by atoms with Gasteiger partial charge in [-0.25, -0.2) is 0 Å². The Morgan fingerprint density at radius 1 is 1.50 bits per heavy atom. The van der Waals surface area contributed by atoms with E-state index in [2.05, 4.69) is 0 Å². The topological polar surface area (TPSA) is 57.2 Å². The summed E-state index contributed by atoms with van der Waals surface area (Å²) in [5.41, 5.74) is 0.693. The third-order valence-corrected chi connectivity index (χ3v) is 2.62. The lowest BCUT2D eigenvalue weighted by Crippen LogP contribution is -1.96. The predicted molar refractivity (Wildman–Crippen MR) is 54.3 cm³/mol. The van der Waals surface area contributed by atoms with Crippen molar-refractivity contribution in [2.45, 2.75) is 5.75 Å². The average molecular weight is 252 g/mol. The van der Waals surface area contributed by atoms with Gasteiger partial charge in [-0.05, 0) is 29.3 Å². The van der Waals surface area contributed by atoms with E-state index in [0.29, 0.717) is 5.56 Å². The molecule has 1 rings (SSSR count). The van der Waals surface area contributed by atoms with E-state index >= 15 is 0 Å². The largest absolute Gasteiger partial charge is 0.772 e. The van der Waals surface area contributed by atoms with Crippen LogP contribution in [0.15, 0.2) is 18.2 Å². The molecule has 0 aromatic heterocycles. The van der Waals surface area contributed by atoms with Crippen molar-refractivity contribution in [3.63, 3.8) is 0 Å². The van der Waals surface area contributed by atoms with Crippen molar-refractivity contribution in [1.29, 1.82) is 0 Å². The molecule has 0 aliphatic carbocycles. The second-order valence-corrected chi connectivity index (χ2v) is 4.18. The van der Waals surface area contributed by atoms with E-state index in [-0.39, 0.29) is 16.3 Å². The predicted octanol–water partition coefficient (Wildman–Crippen LogP) is 2.10. The van der Waals surface area contributed by atoms with Crippen molar-refractivity contribution in [2.75, 3.05) is 0 Å². The molecule has 0 heterocycles. The molecule has 0 saturated carbocycles. The molecule has 1 aromatic carbocycles. The molecular formula is C8H5Cl2O3S-. The summed E-state index contributed by atoms with van der Waals surface area (Å²) >= 11 is 8.75. The fourth-order valence-corrected chi connectivity index (χ4v) is 1.90. The van der Waals surface area contributed by atoms with Crippen LogP contribution >= 0.6 is 23.2 Å². The van der Waals surface area contributed by atoms with E-state index in [1.54, 1.807) is 0 Å². The third-order valence-electron chi connectivity index (χ3n) is 1.53. The number of benzene rings is 1. The highest BCUT2D eigenvalue weighted by Crippen LogP contribution is 2.20. The van der Waals surface area contributed by atoms with E-state index < -0.39 is 16.3 Å². The van der Waals surface area contributed by atoms with Crippen molar-refractivity contribution in [3.8, 4) is 0 Å². The van der Waals surface area contributed by atoms with Crippen molar-refractivity contribution >= 4 is 39.5 Å². The molecule has 3 nitrogen and oxygen atoms in total. The molecule has 1 aromatic rings. The quantitative estimate of drug-likeness (QED) is 0.611. The second kappa shape index (κ2) is 4.89. The monoisotopic (exact) mass is 251 g/mol. The zero-order valence-electron chi connectivity index (χ0n) is 6.83. The zero-order valence-corrected chi connectivity index (χ0v) is 9.16. The molecule has 0 amide bonds. The number of carbonyl (C=O) groups excluding carboxylic acids is 1. The summed E-state index contributed by atoms with van der Waals surface area (Å²) in [6, 6.07) is 4.31. The summed E-state index contributed by atoms with van der Waals surface area (Å²) in [7, 11) is 0. The first-order valence-corrected chi connectivity index (χ1v) is 5.55. The molecule has 0 aliphatic rings. The van der Waals surface area contributed by atoms with Crippen LogP contribution in [-0.4, -0.2) is 14.0 Å².